The van der Waals surface area contributed by atoms with Crippen molar-refractivity contribution in [2.24, 2.45) is 0 Å². The molecule has 15 heavy (non-hydrogen) atoms. The Labute approximate surface area is 87.4 Å². The molecule has 0 radical (unpaired) electrons. The highest BCUT2D eigenvalue weighted by Crippen LogP contribution is 2.21. The van der Waals surface area contributed by atoms with E-state index < -0.39 is 24.2 Å². The Hall–Kier alpha value is -1.77. The zero-order valence-electron chi connectivity index (χ0n) is 8.60. The van der Waals surface area contributed by atoms with Gasteiger partial charge in [-0.3, -0.25) is 9.69 Å². The Bertz CT molecular complexity index is 310. The van der Waals surface area contributed by atoms with Gasteiger partial charge in [-0.25, -0.2) is 4.79 Å². The van der Waals surface area contributed by atoms with Crippen molar-refractivity contribution in [1.29, 1.82) is 5.26 Å². The highest BCUT2D eigenvalue weighted by atomic mass is 16.6. The summed E-state index contributed by atoms with van der Waals surface area (Å²) in [4.78, 5) is 23.2. The van der Waals surface area contributed by atoms with Crippen LogP contribution in [0.4, 0.5) is 4.79 Å². The summed E-state index contributed by atoms with van der Waals surface area (Å²) >= 11 is 0. The van der Waals surface area contributed by atoms with Crippen molar-refractivity contribution in [3.05, 3.63) is 0 Å². The second-order valence-electron chi connectivity index (χ2n) is 3.17. The van der Waals surface area contributed by atoms with Crippen molar-refractivity contribution in [2.75, 3.05) is 13.7 Å². The normalized spacial score (nSPS) is 24.5. The van der Waals surface area contributed by atoms with Gasteiger partial charge in [-0.05, 0) is 0 Å². The molecular weight excluding hydrogens is 200 g/mol. The van der Waals surface area contributed by atoms with E-state index in [4.69, 9.17) is 10.00 Å². The summed E-state index contributed by atoms with van der Waals surface area (Å²) in [7, 11) is 1.25. The molecule has 1 heterocycles. The van der Waals surface area contributed by atoms with Crippen LogP contribution in [0.5, 0.6) is 0 Å². The summed E-state index contributed by atoms with van der Waals surface area (Å²) in [5.41, 5.74) is 0. The van der Waals surface area contributed by atoms with Gasteiger partial charge in [-0.1, -0.05) is 0 Å². The van der Waals surface area contributed by atoms with Gasteiger partial charge >= 0.3 is 12.1 Å². The van der Waals surface area contributed by atoms with Crippen molar-refractivity contribution in [3.63, 3.8) is 0 Å². The minimum absolute atomic E-state index is 0.364. The number of hydrogen-bond donors (Lipinski definition) is 0. The summed E-state index contributed by atoms with van der Waals surface area (Å²) in [5, 5.41) is 8.87. The number of nitriles is 1. The lowest BCUT2D eigenvalue weighted by Crippen LogP contribution is -2.39. The van der Waals surface area contributed by atoms with E-state index in [-0.39, 0.29) is 0 Å². The summed E-state index contributed by atoms with van der Waals surface area (Å²) in [5.74, 6) is -0.452. The number of methoxy groups -OCH3 is 1. The highest BCUT2D eigenvalue weighted by molar-refractivity contribution is 5.70. The summed E-state index contributed by atoms with van der Waals surface area (Å²) in [6.07, 6.45) is -0.657. The molecule has 1 rings (SSSR count). The third kappa shape index (κ3) is 2.37. The van der Waals surface area contributed by atoms with Gasteiger partial charge in [-0.2, -0.15) is 5.26 Å². The molecule has 1 fully saturated rings. The number of hydrogen-bond acceptors (Lipinski definition) is 5. The highest BCUT2D eigenvalue weighted by Gasteiger charge is 2.39. The molecule has 6 nitrogen and oxygen atoms in total. The van der Waals surface area contributed by atoms with Crippen molar-refractivity contribution in [3.8, 4) is 6.07 Å². The summed E-state index contributed by atoms with van der Waals surface area (Å²) in [6, 6.07) is 1.18. The molecule has 6 heteroatoms. The van der Waals surface area contributed by atoms with E-state index in [0.717, 1.165) is 0 Å². The molecule has 1 amide bonds. The third-order valence-corrected chi connectivity index (χ3v) is 2.20. The van der Waals surface area contributed by atoms with E-state index in [1.165, 1.54) is 18.9 Å². The molecule has 0 aliphatic carbocycles. The van der Waals surface area contributed by atoms with Gasteiger partial charge in [-0.15, -0.1) is 0 Å². The van der Waals surface area contributed by atoms with Crippen molar-refractivity contribution >= 4 is 12.1 Å². The number of esters is 1. The van der Waals surface area contributed by atoms with Gasteiger partial charge in [0.1, 0.15) is 6.10 Å². The van der Waals surface area contributed by atoms with Crippen LogP contribution in [-0.4, -0.2) is 42.8 Å². The molecular formula is C9H12N2O4. The first-order valence-electron chi connectivity index (χ1n) is 4.51. The molecule has 1 saturated heterocycles. The average molecular weight is 212 g/mol. The lowest BCUT2D eigenvalue weighted by Gasteiger charge is -2.20. The minimum atomic E-state index is -0.749. The zero-order chi connectivity index (χ0) is 11.4. The molecule has 0 saturated carbocycles. The standard InChI is InChI=1S/C9H12N2O4/c1-6(12)15-8-3-4-11(7(8)5-10)9(13)14-2/h7-8H,3-4H2,1-2H3. The zero-order valence-corrected chi connectivity index (χ0v) is 8.60. The van der Waals surface area contributed by atoms with Crippen molar-refractivity contribution < 1.29 is 19.1 Å². The summed E-state index contributed by atoms with van der Waals surface area (Å²) < 4.78 is 9.44. The van der Waals surface area contributed by atoms with Gasteiger partial charge in [0.05, 0.1) is 13.2 Å². The quantitative estimate of drug-likeness (QED) is 0.583. The van der Waals surface area contributed by atoms with Crippen LogP contribution in [0.25, 0.3) is 0 Å². The molecule has 2 atom stereocenters. The third-order valence-electron chi connectivity index (χ3n) is 2.20. The first-order chi connectivity index (χ1) is 7.10. The van der Waals surface area contributed by atoms with Crippen LogP contribution in [0.15, 0.2) is 0 Å². The Kier molecular flexibility index (Phi) is 3.50. The number of rotatable bonds is 1. The van der Waals surface area contributed by atoms with E-state index in [1.54, 1.807) is 0 Å². The van der Waals surface area contributed by atoms with Crippen LogP contribution in [0.3, 0.4) is 0 Å². The van der Waals surface area contributed by atoms with E-state index in [1.807, 2.05) is 6.07 Å². The smallest absolute Gasteiger partial charge is 0.410 e. The maximum absolute atomic E-state index is 11.2. The molecule has 0 spiro atoms. The molecule has 1 aliphatic rings. The second kappa shape index (κ2) is 4.64. The van der Waals surface area contributed by atoms with Gasteiger partial charge in [0.15, 0.2) is 6.04 Å². The van der Waals surface area contributed by atoms with Gasteiger partial charge in [0.25, 0.3) is 0 Å². The van der Waals surface area contributed by atoms with Crippen LogP contribution in [0.1, 0.15) is 13.3 Å². The molecule has 2 unspecified atom stereocenters. The topological polar surface area (TPSA) is 79.6 Å². The SMILES string of the molecule is COC(=O)N1CCC(OC(C)=O)C1C#N. The Morgan fingerprint density at radius 3 is 2.67 bits per heavy atom. The number of amides is 1. The summed E-state index contributed by atoms with van der Waals surface area (Å²) in [6.45, 7) is 1.64. The molecule has 0 N–H and O–H groups in total. The van der Waals surface area contributed by atoms with Crippen LogP contribution < -0.4 is 0 Å². The van der Waals surface area contributed by atoms with Crippen molar-refractivity contribution in [2.45, 2.75) is 25.5 Å². The first-order valence-corrected chi connectivity index (χ1v) is 4.51. The van der Waals surface area contributed by atoms with Crippen LogP contribution in [0, 0.1) is 11.3 Å². The van der Waals surface area contributed by atoms with Crippen LogP contribution >= 0.6 is 0 Å². The number of ether oxygens (including phenoxy) is 2. The maximum atomic E-state index is 11.2. The Balaban J connectivity index is 2.70. The molecule has 0 aromatic carbocycles. The van der Waals surface area contributed by atoms with Gasteiger partial charge < -0.3 is 9.47 Å². The van der Waals surface area contributed by atoms with Gasteiger partial charge in [0, 0.05) is 19.9 Å². The number of carbonyl (C=O) groups is 2. The van der Waals surface area contributed by atoms with E-state index in [2.05, 4.69) is 4.74 Å². The molecule has 1 aliphatic heterocycles. The van der Waals surface area contributed by atoms with E-state index in [9.17, 15) is 9.59 Å². The first kappa shape index (κ1) is 11.3. The molecule has 0 aromatic rings. The molecule has 82 valence electrons. The lowest BCUT2D eigenvalue weighted by atomic mass is 10.2. The second-order valence-corrected chi connectivity index (χ2v) is 3.17. The monoisotopic (exact) mass is 212 g/mol. The fraction of sp³-hybridized carbons (Fsp3) is 0.667. The maximum Gasteiger partial charge on any atom is 0.410 e. The molecule has 0 aromatic heterocycles. The predicted molar refractivity (Wildman–Crippen MR) is 48.7 cm³/mol. The van der Waals surface area contributed by atoms with Gasteiger partial charge in [0.2, 0.25) is 0 Å². The largest absolute Gasteiger partial charge is 0.459 e. The number of nitrogens with zero attached hydrogens (tertiary/aromatic N) is 2. The van der Waals surface area contributed by atoms with Crippen LogP contribution in [-0.2, 0) is 14.3 Å². The minimum Gasteiger partial charge on any atom is -0.459 e. The fourth-order valence-electron chi connectivity index (χ4n) is 1.58. The lowest BCUT2D eigenvalue weighted by molar-refractivity contribution is -0.146. The van der Waals surface area contributed by atoms with Crippen molar-refractivity contribution in [1.82, 2.24) is 4.90 Å². The van der Waals surface area contributed by atoms with E-state index >= 15 is 0 Å². The Morgan fingerprint density at radius 1 is 1.53 bits per heavy atom. The number of likely N-dealkylation sites (tertiary alicyclic amines) is 1. The Morgan fingerprint density at radius 2 is 2.20 bits per heavy atom. The molecule has 0 bridgehead atoms. The average Bonchev–Trinajstić information content (AvgIpc) is 2.58. The number of carbonyl (C=O) groups excluding carboxylic acids is 2. The fourth-order valence-corrected chi connectivity index (χ4v) is 1.58. The van der Waals surface area contributed by atoms with E-state index in [0.29, 0.717) is 13.0 Å². The predicted octanol–water partition coefficient (Wildman–Crippen LogP) is 0.282. The van der Waals surface area contributed by atoms with Crippen LogP contribution in [0.2, 0.25) is 0 Å².